The molecule has 0 aliphatic heterocycles. The fourth-order valence-electron chi connectivity index (χ4n) is 3.35. The van der Waals surface area contributed by atoms with Crippen molar-refractivity contribution in [3.63, 3.8) is 0 Å². The number of thioether (sulfide) groups is 1. The van der Waals surface area contributed by atoms with Crippen LogP contribution in [0.25, 0.3) is 21.3 Å². The van der Waals surface area contributed by atoms with E-state index >= 15 is 0 Å². The summed E-state index contributed by atoms with van der Waals surface area (Å²) >= 11 is 2.50. The Morgan fingerprint density at radius 1 is 1.09 bits per heavy atom. The first-order chi connectivity index (χ1) is 15.8. The fourth-order valence-corrected chi connectivity index (χ4v) is 5.11. The van der Waals surface area contributed by atoms with Crippen molar-refractivity contribution in [2.45, 2.75) is 19.0 Å². The molecule has 0 radical (unpaired) electrons. The summed E-state index contributed by atoms with van der Waals surface area (Å²) in [6, 6.07) is 14.7. The van der Waals surface area contributed by atoms with Crippen molar-refractivity contribution >= 4 is 50.9 Å². The number of imide groups is 1. The van der Waals surface area contributed by atoms with Crippen molar-refractivity contribution in [1.29, 1.82) is 0 Å². The topological polar surface area (TPSA) is 93.1 Å². The molecule has 33 heavy (non-hydrogen) atoms. The zero-order valence-corrected chi connectivity index (χ0v) is 20.0. The molecule has 2 N–H and O–H groups in total. The molecule has 2 aromatic heterocycles. The Morgan fingerprint density at radius 3 is 2.61 bits per heavy atom. The van der Waals surface area contributed by atoms with Gasteiger partial charge in [0.2, 0.25) is 5.91 Å². The Morgan fingerprint density at radius 2 is 1.85 bits per heavy atom. The minimum Gasteiger partial charge on any atom is -0.307 e. The first kappa shape index (κ1) is 22.8. The van der Waals surface area contributed by atoms with Crippen LogP contribution in [0, 0.1) is 13.8 Å². The van der Waals surface area contributed by atoms with Gasteiger partial charge in [0.25, 0.3) is 5.56 Å². The van der Waals surface area contributed by atoms with Gasteiger partial charge in [0.05, 0.1) is 11.1 Å². The number of aromatic nitrogens is 2. The fraction of sp³-hybridized carbons (Fsp3) is 0.167. The van der Waals surface area contributed by atoms with Gasteiger partial charge < -0.3 is 5.32 Å². The summed E-state index contributed by atoms with van der Waals surface area (Å²) in [6.07, 6.45) is 0. The number of nitrogens with zero attached hydrogens (tertiary/aromatic N) is 2. The minimum atomic E-state index is -0.600. The molecule has 3 amide bonds. The van der Waals surface area contributed by atoms with Gasteiger partial charge in [-0.1, -0.05) is 54.2 Å². The molecule has 0 aliphatic rings. The molecule has 0 unspecified atom stereocenters. The smallest absolute Gasteiger partial charge is 0.307 e. The van der Waals surface area contributed by atoms with Crippen LogP contribution in [0.2, 0.25) is 0 Å². The number of fused-ring (bicyclic) bond motifs is 1. The van der Waals surface area contributed by atoms with Gasteiger partial charge in [-0.05, 0) is 36.6 Å². The largest absolute Gasteiger partial charge is 0.325 e. The van der Waals surface area contributed by atoms with Gasteiger partial charge in [-0.3, -0.25) is 19.5 Å². The summed E-state index contributed by atoms with van der Waals surface area (Å²) in [4.78, 5) is 42.8. The predicted molar refractivity (Wildman–Crippen MR) is 134 cm³/mol. The molecule has 0 atom stereocenters. The first-order valence-electron chi connectivity index (χ1n) is 10.2. The van der Waals surface area contributed by atoms with E-state index in [1.165, 1.54) is 15.9 Å². The summed E-state index contributed by atoms with van der Waals surface area (Å²) in [6.45, 7) is 3.85. The standard InChI is InChI=1S/C24H22N4O3S2/c1-14-8-7-11-18(15(14)2)25-23(31)26-19(29)13-33-24-27-21-20(22(30)28(24)3)17(12-32-21)16-9-5-4-6-10-16/h4-12H,13H2,1-3H3,(H2,25,26,29,31). The number of aryl methyl sites for hydroxylation is 1. The number of hydrogen-bond acceptors (Lipinski definition) is 6. The van der Waals surface area contributed by atoms with Crippen LogP contribution in [0.15, 0.2) is 63.9 Å². The second-order valence-electron chi connectivity index (χ2n) is 7.49. The molecule has 0 saturated heterocycles. The summed E-state index contributed by atoms with van der Waals surface area (Å²) < 4.78 is 1.44. The molecule has 7 nitrogen and oxygen atoms in total. The van der Waals surface area contributed by atoms with Gasteiger partial charge in [-0.25, -0.2) is 9.78 Å². The maximum absolute atomic E-state index is 13.0. The summed E-state index contributed by atoms with van der Waals surface area (Å²) in [5, 5.41) is 7.92. The Labute approximate surface area is 198 Å². The monoisotopic (exact) mass is 478 g/mol. The minimum absolute atomic E-state index is 0.0527. The van der Waals surface area contributed by atoms with Gasteiger partial charge >= 0.3 is 6.03 Å². The van der Waals surface area contributed by atoms with E-state index in [0.29, 0.717) is 21.1 Å². The van der Waals surface area contributed by atoms with Crippen LogP contribution in [-0.2, 0) is 11.8 Å². The summed E-state index contributed by atoms with van der Waals surface area (Å²) in [5.41, 5.74) is 4.26. The van der Waals surface area contributed by atoms with Gasteiger partial charge in [0.15, 0.2) is 5.16 Å². The molecular weight excluding hydrogens is 456 g/mol. The van der Waals surface area contributed by atoms with Crippen molar-refractivity contribution in [2.75, 3.05) is 11.1 Å². The van der Waals surface area contributed by atoms with Crippen LogP contribution in [-0.4, -0.2) is 27.2 Å². The molecule has 0 saturated carbocycles. The molecular formula is C24H22N4O3S2. The number of anilines is 1. The molecule has 2 aromatic carbocycles. The average Bonchev–Trinajstić information content (AvgIpc) is 3.23. The molecule has 4 aromatic rings. The van der Waals surface area contributed by atoms with Crippen molar-refractivity contribution in [2.24, 2.45) is 7.05 Å². The number of benzene rings is 2. The SMILES string of the molecule is Cc1cccc(NC(=O)NC(=O)CSc2nc3scc(-c4ccccc4)c3c(=O)n2C)c1C. The van der Waals surface area contributed by atoms with Gasteiger partial charge in [0.1, 0.15) is 4.83 Å². The maximum Gasteiger partial charge on any atom is 0.325 e. The lowest BCUT2D eigenvalue weighted by molar-refractivity contribution is -0.117. The Bertz CT molecular complexity index is 1410. The molecule has 168 valence electrons. The van der Waals surface area contributed by atoms with E-state index in [-0.39, 0.29) is 11.3 Å². The zero-order chi connectivity index (χ0) is 23.5. The van der Waals surface area contributed by atoms with Crippen LogP contribution in [0.3, 0.4) is 0 Å². The molecule has 0 aliphatic carbocycles. The van der Waals surface area contributed by atoms with Crippen molar-refractivity contribution in [3.8, 4) is 11.1 Å². The van der Waals surface area contributed by atoms with Crippen LogP contribution in [0.5, 0.6) is 0 Å². The Kier molecular flexibility index (Phi) is 6.62. The van der Waals surface area contributed by atoms with Crippen LogP contribution in [0.4, 0.5) is 10.5 Å². The van der Waals surface area contributed by atoms with Gasteiger partial charge in [-0.15, -0.1) is 11.3 Å². The molecule has 0 bridgehead atoms. The second-order valence-corrected chi connectivity index (χ2v) is 9.29. The third-order valence-electron chi connectivity index (χ3n) is 5.30. The van der Waals surface area contributed by atoms with E-state index in [1.807, 2.05) is 61.7 Å². The summed E-state index contributed by atoms with van der Waals surface area (Å²) in [7, 11) is 1.63. The van der Waals surface area contributed by atoms with Crippen molar-refractivity contribution in [1.82, 2.24) is 14.9 Å². The van der Waals surface area contributed by atoms with Crippen LogP contribution >= 0.6 is 23.1 Å². The van der Waals surface area contributed by atoms with E-state index in [9.17, 15) is 14.4 Å². The van der Waals surface area contributed by atoms with E-state index in [1.54, 1.807) is 13.1 Å². The summed E-state index contributed by atoms with van der Waals surface area (Å²) in [5.74, 6) is -0.531. The Hall–Kier alpha value is -3.43. The molecule has 9 heteroatoms. The number of carbonyl (C=O) groups is 2. The number of carbonyl (C=O) groups excluding carboxylic acids is 2. The lowest BCUT2D eigenvalue weighted by Crippen LogP contribution is -2.35. The maximum atomic E-state index is 13.0. The van der Waals surface area contributed by atoms with Crippen molar-refractivity contribution in [3.05, 3.63) is 75.4 Å². The average molecular weight is 479 g/mol. The number of nitrogens with one attached hydrogen (secondary N) is 2. The predicted octanol–water partition coefficient (Wildman–Crippen LogP) is 4.72. The lowest BCUT2D eigenvalue weighted by Gasteiger charge is -2.11. The van der Waals surface area contributed by atoms with Crippen LogP contribution < -0.4 is 16.2 Å². The highest BCUT2D eigenvalue weighted by atomic mass is 32.2. The number of urea groups is 1. The van der Waals surface area contributed by atoms with Gasteiger partial charge in [-0.2, -0.15) is 0 Å². The van der Waals surface area contributed by atoms with E-state index in [0.717, 1.165) is 34.0 Å². The Balaban J connectivity index is 1.45. The number of thiophene rings is 1. The normalized spacial score (nSPS) is 10.9. The molecule has 0 fully saturated rings. The van der Waals surface area contributed by atoms with Crippen LogP contribution in [0.1, 0.15) is 11.1 Å². The lowest BCUT2D eigenvalue weighted by atomic mass is 10.1. The second kappa shape index (κ2) is 9.60. The third-order valence-corrected chi connectivity index (χ3v) is 7.20. The zero-order valence-electron chi connectivity index (χ0n) is 18.3. The highest BCUT2D eigenvalue weighted by molar-refractivity contribution is 7.99. The number of amides is 3. The number of rotatable bonds is 5. The third kappa shape index (κ3) is 4.84. The van der Waals surface area contributed by atoms with E-state index in [2.05, 4.69) is 15.6 Å². The quantitative estimate of drug-likeness (QED) is 0.320. The van der Waals surface area contributed by atoms with Crippen molar-refractivity contribution < 1.29 is 9.59 Å². The first-order valence-corrected chi connectivity index (χ1v) is 12.0. The molecule has 4 rings (SSSR count). The number of hydrogen-bond donors (Lipinski definition) is 2. The van der Waals surface area contributed by atoms with Gasteiger partial charge in [0, 0.05) is 23.7 Å². The van der Waals surface area contributed by atoms with E-state index in [4.69, 9.17) is 0 Å². The molecule has 2 heterocycles. The highest BCUT2D eigenvalue weighted by Crippen LogP contribution is 2.31. The van der Waals surface area contributed by atoms with E-state index < -0.39 is 11.9 Å². The highest BCUT2D eigenvalue weighted by Gasteiger charge is 2.17. The molecule has 0 spiro atoms.